The smallest absolute Gasteiger partial charge is 0.151 e. The molecule has 1 rings (SSSR count). The summed E-state index contributed by atoms with van der Waals surface area (Å²) in [4.78, 5) is 0. The van der Waals surface area contributed by atoms with Gasteiger partial charge in [-0.05, 0) is 25.1 Å². The first-order chi connectivity index (χ1) is 6.83. The van der Waals surface area contributed by atoms with Crippen molar-refractivity contribution < 1.29 is 0 Å². The summed E-state index contributed by atoms with van der Waals surface area (Å²) < 4.78 is 0. The largest absolute Gasteiger partial charge is 0.367 e. The summed E-state index contributed by atoms with van der Waals surface area (Å²) in [5.41, 5.74) is 0. The van der Waals surface area contributed by atoms with Gasteiger partial charge in [-0.15, -0.1) is 10.2 Å². The van der Waals surface area contributed by atoms with Gasteiger partial charge in [0.15, 0.2) is 5.15 Å². The summed E-state index contributed by atoms with van der Waals surface area (Å²) in [7, 11) is 0. The molecule has 0 aliphatic rings. The van der Waals surface area contributed by atoms with E-state index in [0.717, 1.165) is 31.9 Å². The number of nitrogens with one attached hydrogen (secondary N) is 2. The van der Waals surface area contributed by atoms with Gasteiger partial charge in [0, 0.05) is 13.1 Å². The molecule has 0 fully saturated rings. The van der Waals surface area contributed by atoms with Crippen LogP contribution in [0.1, 0.15) is 13.3 Å². The summed E-state index contributed by atoms with van der Waals surface area (Å²) in [5.74, 6) is 0.757. The molecule has 0 unspecified atom stereocenters. The zero-order valence-electron chi connectivity index (χ0n) is 8.26. The van der Waals surface area contributed by atoms with E-state index in [-0.39, 0.29) is 0 Å². The van der Waals surface area contributed by atoms with E-state index in [1.165, 1.54) is 0 Å². The summed E-state index contributed by atoms with van der Waals surface area (Å²) >= 11 is 5.60. The third-order valence-corrected chi connectivity index (χ3v) is 1.87. The molecule has 4 nitrogen and oxygen atoms in total. The lowest BCUT2D eigenvalue weighted by Gasteiger charge is -2.05. The van der Waals surface area contributed by atoms with Gasteiger partial charge < -0.3 is 10.6 Å². The molecule has 0 amide bonds. The van der Waals surface area contributed by atoms with Gasteiger partial charge in [-0.25, -0.2) is 0 Å². The van der Waals surface area contributed by atoms with Crippen LogP contribution in [0.25, 0.3) is 0 Å². The fourth-order valence-electron chi connectivity index (χ4n) is 0.991. The molecule has 78 valence electrons. The van der Waals surface area contributed by atoms with Crippen LogP contribution >= 0.6 is 11.6 Å². The molecule has 1 heterocycles. The molecule has 0 aliphatic carbocycles. The SMILES string of the molecule is CCCNCCNc1ccc(Cl)nn1. The standard InChI is InChI=1S/C9H15ClN4/c1-2-5-11-6-7-12-9-4-3-8(10)13-14-9/h3-4,11H,2,5-7H2,1H3,(H,12,14). The number of hydrogen-bond donors (Lipinski definition) is 2. The van der Waals surface area contributed by atoms with E-state index in [9.17, 15) is 0 Å². The minimum absolute atomic E-state index is 0.416. The Bertz CT molecular complexity index is 249. The van der Waals surface area contributed by atoms with Crippen LogP contribution in [0, 0.1) is 0 Å². The molecule has 0 aliphatic heterocycles. The molecule has 0 saturated carbocycles. The van der Waals surface area contributed by atoms with Gasteiger partial charge in [-0.3, -0.25) is 0 Å². The fraction of sp³-hybridized carbons (Fsp3) is 0.556. The summed E-state index contributed by atoms with van der Waals surface area (Å²) in [5, 5.41) is 14.4. The zero-order chi connectivity index (χ0) is 10.2. The van der Waals surface area contributed by atoms with Crippen LogP contribution in [0.3, 0.4) is 0 Å². The summed E-state index contributed by atoms with van der Waals surface area (Å²) in [6.07, 6.45) is 1.15. The molecular weight excluding hydrogens is 200 g/mol. The Kier molecular flexibility index (Phi) is 5.25. The van der Waals surface area contributed by atoms with E-state index >= 15 is 0 Å². The molecule has 0 spiro atoms. The molecule has 0 bridgehead atoms. The highest BCUT2D eigenvalue weighted by Gasteiger charge is 1.93. The third kappa shape index (κ3) is 4.39. The van der Waals surface area contributed by atoms with Crippen molar-refractivity contribution in [2.75, 3.05) is 25.0 Å². The minimum Gasteiger partial charge on any atom is -0.367 e. The Labute approximate surface area is 89.1 Å². The maximum absolute atomic E-state index is 5.60. The molecule has 14 heavy (non-hydrogen) atoms. The third-order valence-electron chi connectivity index (χ3n) is 1.67. The zero-order valence-corrected chi connectivity index (χ0v) is 9.01. The predicted molar refractivity (Wildman–Crippen MR) is 58.7 cm³/mol. The second-order valence-electron chi connectivity index (χ2n) is 2.92. The van der Waals surface area contributed by atoms with Crippen LogP contribution in [-0.4, -0.2) is 29.8 Å². The predicted octanol–water partition coefficient (Wildman–Crippen LogP) is 1.54. The van der Waals surface area contributed by atoms with Crippen molar-refractivity contribution in [1.29, 1.82) is 0 Å². The molecular formula is C9H15ClN4. The Hall–Kier alpha value is -0.870. The maximum Gasteiger partial charge on any atom is 0.151 e. The molecule has 0 atom stereocenters. The highest BCUT2D eigenvalue weighted by atomic mass is 35.5. The Balaban J connectivity index is 2.15. The summed E-state index contributed by atoms with van der Waals surface area (Å²) in [6.45, 7) is 4.97. The average molecular weight is 215 g/mol. The normalized spacial score (nSPS) is 10.1. The van der Waals surface area contributed by atoms with Gasteiger partial charge in [0.1, 0.15) is 5.82 Å². The topological polar surface area (TPSA) is 49.8 Å². The van der Waals surface area contributed by atoms with Crippen molar-refractivity contribution in [2.24, 2.45) is 0 Å². The van der Waals surface area contributed by atoms with E-state index in [1.807, 2.05) is 6.07 Å². The molecule has 2 N–H and O–H groups in total. The number of hydrogen-bond acceptors (Lipinski definition) is 4. The number of halogens is 1. The molecule has 5 heteroatoms. The minimum atomic E-state index is 0.416. The van der Waals surface area contributed by atoms with Gasteiger partial charge in [0.05, 0.1) is 0 Å². The highest BCUT2D eigenvalue weighted by molar-refractivity contribution is 6.29. The van der Waals surface area contributed by atoms with Crippen molar-refractivity contribution in [1.82, 2.24) is 15.5 Å². The first-order valence-corrected chi connectivity index (χ1v) is 5.14. The van der Waals surface area contributed by atoms with Crippen LogP contribution in [0.4, 0.5) is 5.82 Å². The van der Waals surface area contributed by atoms with Crippen LogP contribution < -0.4 is 10.6 Å². The first kappa shape index (κ1) is 11.2. The Morgan fingerprint density at radius 2 is 2.07 bits per heavy atom. The van der Waals surface area contributed by atoms with Gasteiger partial charge in [-0.1, -0.05) is 18.5 Å². The van der Waals surface area contributed by atoms with Crippen LogP contribution in [-0.2, 0) is 0 Å². The van der Waals surface area contributed by atoms with Crippen molar-refractivity contribution in [3.63, 3.8) is 0 Å². The quantitative estimate of drug-likeness (QED) is 0.706. The maximum atomic E-state index is 5.60. The number of nitrogens with zero attached hydrogens (tertiary/aromatic N) is 2. The van der Waals surface area contributed by atoms with Gasteiger partial charge in [0.2, 0.25) is 0 Å². The molecule has 0 saturated heterocycles. The second kappa shape index (κ2) is 6.56. The fourth-order valence-corrected chi connectivity index (χ4v) is 1.09. The van der Waals surface area contributed by atoms with Gasteiger partial charge >= 0.3 is 0 Å². The average Bonchev–Trinajstić information content (AvgIpc) is 2.21. The van der Waals surface area contributed by atoms with Gasteiger partial charge in [-0.2, -0.15) is 0 Å². The van der Waals surface area contributed by atoms with E-state index < -0.39 is 0 Å². The van der Waals surface area contributed by atoms with E-state index in [2.05, 4.69) is 27.8 Å². The van der Waals surface area contributed by atoms with Crippen molar-refractivity contribution in [3.8, 4) is 0 Å². The summed E-state index contributed by atoms with van der Waals surface area (Å²) in [6, 6.07) is 3.53. The highest BCUT2D eigenvalue weighted by Crippen LogP contribution is 2.04. The van der Waals surface area contributed by atoms with Crippen LogP contribution in [0.15, 0.2) is 12.1 Å². The van der Waals surface area contributed by atoms with Gasteiger partial charge in [0.25, 0.3) is 0 Å². The van der Waals surface area contributed by atoms with Crippen molar-refractivity contribution in [3.05, 3.63) is 17.3 Å². The van der Waals surface area contributed by atoms with E-state index in [0.29, 0.717) is 5.15 Å². The van der Waals surface area contributed by atoms with E-state index in [1.54, 1.807) is 6.07 Å². The molecule has 0 radical (unpaired) electrons. The van der Waals surface area contributed by atoms with E-state index in [4.69, 9.17) is 11.6 Å². The lowest BCUT2D eigenvalue weighted by atomic mass is 10.4. The molecule has 1 aromatic rings. The second-order valence-corrected chi connectivity index (χ2v) is 3.31. The van der Waals surface area contributed by atoms with Crippen LogP contribution in [0.5, 0.6) is 0 Å². The number of anilines is 1. The first-order valence-electron chi connectivity index (χ1n) is 4.76. The monoisotopic (exact) mass is 214 g/mol. The number of aromatic nitrogens is 2. The lowest BCUT2D eigenvalue weighted by molar-refractivity contribution is 0.686. The molecule has 0 aromatic carbocycles. The Morgan fingerprint density at radius 1 is 1.21 bits per heavy atom. The number of rotatable bonds is 6. The lowest BCUT2D eigenvalue weighted by Crippen LogP contribution is -2.23. The van der Waals surface area contributed by atoms with Crippen molar-refractivity contribution in [2.45, 2.75) is 13.3 Å². The van der Waals surface area contributed by atoms with Crippen LogP contribution in [0.2, 0.25) is 5.15 Å². The Morgan fingerprint density at radius 3 is 2.71 bits per heavy atom. The molecule has 1 aromatic heterocycles. The van der Waals surface area contributed by atoms with Crippen molar-refractivity contribution >= 4 is 17.4 Å².